The Hall–Kier alpha value is -3.45. The Morgan fingerprint density at radius 3 is 2.61 bits per heavy atom. The van der Waals surface area contributed by atoms with Crippen LogP contribution in [0, 0.1) is 5.82 Å². The van der Waals surface area contributed by atoms with Crippen molar-refractivity contribution in [2.24, 2.45) is 4.99 Å². The van der Waals surface area contributed by atoms with Crippen molar-refractivity contribution in [2.75, 3.05) is 7.11 Å². The van der Waals surface area contributed by atoms with Gasteiger partial charge in [0.15, 0.2) is 17.2 Å². The van der Waals surface area contributed by atoms with Gasteiger partial charge in [0.1, 0.15) is 12.4 Å². The van der Waals surface area contributed by atoms with Crippen molar-refractivity contribution in [3.05, 3.63) is 99.4 Å². The average molecular weight is 482 g/mol. The summed E-state index contributed by atoms with van der Waals surface area (Å²) in [4.78, 5) is 16.6. The Morgan fingerprint density at radius 1 is 1.10 bits per heavy atom. The highest BCUT2D eigenvalue weighted by atomic mass is 79.9. The number of nitrogens with zero attached hydrogens (tertiary/aromatic N) is 1. The van der Waals surface area contributed by atoms with E-state index in [0.717, 1.165) is 10.0 Å². The van der Waals surface area contributed by atoms with Crippen molar-refractivity contribution in [2.45, 2.75) is 6.61 Å². The predicted octanol–water partition coefficient (Wildman–Crippen LogP) is 5.52. The number of halogens is 2. The topological polar surface area (TPSA) is 57.1 Å². The summed E-state index contributed by atoms with van der Waals surface area (Å²) in [7, 11) is 1.54. The third kappa shape index (κ3) is 4.83. The number of hydrogen-bond acceptors (Lipinski definition) is 5. The van der Waals surface area contributed by atoms with Crippen molar-refractivity contribution in [1.29, 1.82) is 0 Å². The van der Waals surface area contributed by atoms with Gasteiger partial charge in [0.05, 0.1) is 7.11 Å². The Labute approximate surface area is 186 Å². The summed E-state index contributed by atoms with van der Waals surface area (Å²) in [6, 6.07) is 18.8. The van der Waals surface area contributed by atoms with Crippen LogP contribution in [0.2, 0.25) is 0 Å². The monoisotopic (exact) mass is 481 g/mol. The summed E-state index contributed by atoms with van der Waals surface area (Å²) in [6.45, 7) is 0.312. The number of hydrogen-bond donors (Lipinski definition) is 0. The maximum atomic E-state index is 13.5. The SMILES string of the molecule is COc1cccc(/C=C2\N=C(c3cccc(F)c3)OC2=O)c1OCc1ccc(Br)cc1. The number of cyclic esters (lactones) is 1. The van der Waals surface area contributed by atoms with Crippen molar-refractivity contribution >= 4 is 33.9 Å². The normalized spacial score (nSPS) is 14.4. The fourth-order valence-corrected chi connectivity index (χ4v) is 3.26. The summed E-state index contributed by atoms with van der Waals surface area (Å²) >= 11 is 3.41. The zero-order valence-electron chi connectivity index (χ0n) is 16.5. The van der Waals surface area contributed by atoms with Crippen LogP contribution in [0.15, 0.2) is 81.9 Å². The second-order valence-electron chi connectivity index (χ2n) is 6.64. The van der Waals surface area contributed by atoms with Crippen LogP contribution >= 0.6 is 15.9 Å². The highest BCUT2D eigenvalue weighted by Gasteiger charge is 2.25. The molecule has 31 heavy (non-hydrogen) atoms. The number of methoxy groups -OCH3 is 1. The highest BCUT2D eigenvalue weighted by molar-refractivity contribution is 9.10. The van der Waals surface area contributed by atoms with E-state index in [1.54, 1.807) is 37.5 Å². The molecule has 3 aromatic rings. The maximum absolute atomic E-state index is 13.5. The van der Waals surface area contributed by atoms with Crippen LogP contribution < -0.4 is 9.47 Å². The number of carbonyl (C=O) groups excluding carboxylic acids is 1. The van der Waals surface area contributed by atoms with Crippen molar-refractivity contribution in [1.82, 2.24) is 0 Å². The highest BCUT2D eigenvalue weighted by Crippen LogP contribution is 2.34. The molecule has 0 spiro atoms. The molecule has 0 aromatic heterocycles. The summed E-state index contributed by atoms with van der Waals surface area (Å²) in [5.74, 6) is -0.0168. The van der Waals surface area contributed by atoms with Gasteiger partial charge in [-0.3, -0.25) is 0 Å². The molecule has 0 unspecified atom stereocenters. The Bertz CT molecular complexity index is 1190. The van der Waals surface area contributed by atoms with E-state index in [4.69, 9.17) is 14.2 Å². The smallest absolute Gasteiger partial charge is 0.363 e. The van der Waals surface area contributed by atoms with Gasteiger partial charge in [-0.05, 0) is 48.0 Å². The molecule has 0 aliphatic carbocycles. The first-order chi connectivity index (χ1) is 15.0. The summed E-state index contributed by atoms with van der Waals surface area (Å²) in [6.07, 6.45) is 1.56. The van der Waals surface area contributed by atoms with E-state index in [2.05, 4.69) is 20.9 Å². The van der Waals surface area contributed by atoms with E-state index >= 15 is 0 Å². The van der Waals surface area contributed by atoms with Gasteiger partial charge in [0, 0.05) is 15.6 Å². The van der Waals surface area contributed by atoms with Crippen LogP contribution in [0.4, 0.5) is 4.39 Å². The van der Waals surface area contributed by atoms with Crippen LogP contribution in [0.3, 0.4) is 0 Å². The second kappa shape index (κ2) is 9.14. The van der Waals surface area contributed by atoms with Gasteiger partial charge in [-0.1, -0.05) is 46.3 Å². The standard InChI is InChI=1S/C24H17BrFNO4/c1-29-21-7-3-4-16(22(21)30-14-15-8-10-18(25)11-9-15)13-20-24(28)31-23(27-20)17-5-2-6-19(26)12-17/h2-13H,14H2,1H3/b20-13-. The molecule has 0 amide bonds. The molecule has 0 N–H and O–H groups in total. The number of para-hydroxylation sites is 1. The van der Waals surface area contributed by atoms with Crippen molar-refractivity contribution in [3.63, 3.8) is 0 Å². The molecule has 4 rings (SSSR count). The molecule has 0 bridgehead atoms. The van der Waals surface area contributed by atoms with Gasteiger partial charge in [-0.15, -0.1) is 0 Å². The molecule has 0 radical (unpaired) electrons. The molecule has 0 atom stereocenters. The van der Waals surface area contributed by atoms with E-state index in [-0.39, 0.29) is 11.6 Å². The van der Waals surface area contributed by atoms with Crippen LogP contribution in [-0.4, -0.2) is 19.0 Å². The lowest BCUT2D eigenvalue weighted by Gasteiger charge is -2.13. The number of aliphatic imine (C=N–C) groups is 1. The van der Waals surface area contributed by atoms with Crippen molar-refractivity contribution < 1.29 is 23.4 Å². The molecule has 1 heterocycles. The number of ether oxygens (including phenoxy) is 3. The third-order valence-electron chi connectivity index (χ3n) is 4.51. The zero-order chi connectivity index (χ0) is 21.8. The predicted molar refractivity (Wildman–Crippen MR) is 118 cm³/mol. The fourth-order valence-electron chi connectivity index (χ4n) is 3.00. The molecule has 1 aliphatic rings. The van der Waals surface area contributed by atoms with Crippen LogP contribution in [-0.2, 0) is 16.1 Å². The van der Waals surface area contributed by atoms with Crippen LogP contribution in [0.1, 0.15) is 16.7 Å². The van der Waals surface area contributed by atoms with E-state index in [0.29, 0.717) is 29.2 Å². The first kappa shape index (κ1) is 20.8. The minimum Gasteiger partial charge on any atom is -0.493 e. The Morgan fingerprint density at radius 2 is 1.87 bits per heavy atom. The molecule has 7 heteroatoms. The maximum Gasteiger partial charge on any atom is 0.363 e. The number of esters is 1. The lowest BCUT2D eigenvalue weighted by atomic mass is 10.1. The third-order valence-corrected chi connectivity index (χ3v) is 5.04. The Kier molecular flexibility index (Phi) is 6.13. The van der Waals surface area contributed by atoms with Gasteiger partial charge >= 0.3 is 5.97 Å². The van der Waals surface area contributed by atoms with Gasteiger partial charge < -0.3 is 14.2 Å². The average Bonchev–Trinajstić information content (AvgIpc) is 3.14. The molecular weight excluding hydrogens is 465 g/mol. The van der Waals surface area contributed by atoms with Crippen molar-refractivity contribution in [3.8, 4) is 11.5 Å². The minimum absolute atomic E-state index is 0.0518. The molecule has 0 fully saturated rings. The minimum atomic E-state index is -0.624. The summed E-state index contributed by atoms with van der Waals surface area (Å²) in [5, 5.41) is 0. The molecule has 3 aromatic carbocycles. The molecule has 1 aliphatic heterocycles. The lowest BCUT2D eigenvalue weighted by Crippen LogP contribution is -2.05. The number of carbonyl (C=O) groups is 1. The fraction of sp³-hybridized carbons (Fsp3) is 0.0833. The first-order valence-electron chi connectivity index (χ1n) is 9.36. The van der Waals surface area contributed by atoms with Gasteiger partial charge in [0.25, 0.3) is 0 Å². The first-order valence-corrected chi connectivity index (χ1v) is 10.2. The summed E-state index contributed by atoms with van der Waals surface area (Å²) < 4.78 is 31.2. The van der Waals surface area contributed by atoms with Crippen LogP contribution in [0.5, 0.6) is 11.5 Å². The summed E-state index contributed by atoms with van der Waals surface area (Å²) in [5.41, 5.74) is 2.04. The molecule has 0 saturated heterocycles. The van der Waals surface area contributed by atoms with Gasteiger partial charge in [-0.2, -0.15) is 0 Å². The molecule has 156 valence electrons. The number of rotatable bonds is 6. The molecular formula is C24H17BrFNO4. The van der Waals surface area contributed by atoms with E-state index in [9.17, 15) is 9.18 Å². The van der Waals surface area contributed by atoms with Gasteiger partial charge in [0.2, 0.25) is 5.90 Å². The molecule has 5 nitrogen and oxygen atoms in total. The second-order valence-corrected chi connectivity index (χ2v) is 7.56. The Balaban J connectivity index is 1.65. The van der Waals surface area contributed by atoms with Gasteiger partial charge in [-0.25, -0.2) is 14.2 Å². The number of benzene rings is 3. The quantitative estimate of drug-likeness (QED) is 0.343. The lowest BCUT2D eigenvalue weighted by molar-refractivity contribution is -0.129. The molecule has 0 saturated carbocycles. The van der Waals surface area contributed by atoms with E-state index in [1.165, 1.54) is 18.2 Å². The largest absolute Gasteiger partial charge is 0.493 e. The van der Waals surface area contributed by atoms with E-state index < -0.39 is 11.8 Å². The van der Waals surface area contributed by atoms with Crippen LogP contribution in [0.25, 0.3) is 6.08 Å². The van der Waals surface area contributed by atoms with E-state index in [1.807, 2.05) is 24.3 Å². The zero-order valence-corrected chi connectivity index (χ0v) is 18.1.